The summed E-state index contributed by atoms with van der Waals surface area (Å²) in [4.78, 5) is 2.54. The lowest BCUT2D eigenvalue weighted by atomic mass is 9.85. The SMILES string of the molecule is CC1(C)C2CNCC2CN1Cc1c(Cl)cccc1Cl. The van der Waals surface area contributed by atoms with E-state index in [1.54, 1.807) is 0 Å². The van der Waals surface area contributed by atoms with Gasteiger partial charge in [0.25, 0.3) is 0 Å². The standard InChI is InChI=1S/C15H20Cl2N2/c1-15(2)12-7-18-6-10(12)8-19(15)9-11-13(16)4-3-5-14(11)17/h3-5,10,12,18H,6-9H2,1-2H3. The van der Waals surface area contributed by atoms with Crippen LogP contribution in [0.4, 0.5) is 0 Å². The molecule has 2 saturated heterocycles. The minimum absolute atomic E-state index is 0.205. The zero-order valence-electron chi connectivity index (χ0n) is 11.4. The van der Waals surface area contributed by atoms with E-state index in [-0.39, 0.29) is 5.54 Å². The molecule has 0 radical (unpaired) electrons. The molecule has 2 atom stereocenters. The number of halogens is 2. The van der Waals surface area contributed by atoms with Crippen LogP contribution in [0.1, 0.15) is 19.4 Å². The van der Waals surface area contributed by atoms with Crippen molar-refractivity contribution in [1.82, 2.24) is 10.2 Å². The topological polar surface area (TPSA) is 15.3 Å². The Morgan fingerprint density at radius 2 is 1.95 bits per heavy atom. The fourth-order valence-corrected chi connectivity index (χ4v) is 4.16. The molecule has 2 unspecified atom stereocenters. The van der Waals surface area contributed by atoms with Crippen LogP contribution in [0.3, 0.4) is 0 Å². The maximum absolute atomic E-state index is 6.30. The molecule has 1 aromatic carbocycles. The fourth-order valence-electron chi connectivity index (χ4n) is 3.65. The Labute approximate surface area is 125 Å². The Kier molecular flexibility index (Phi) is 3.55. The van der Waals surface area contributed by atoms with E-state index >= 15 is 0 Å². The average molecular weight is 299 g/mol. The molecule has 2 fully saturated rings. The molecule has 0 spiro atoms. The Morgan fingerprint density at radius 3 is 2.58 bits per heavy atom. The van der Waals surface area contributed by atoms with Crippen LogP contribution in [-0.4, -0.2) is 30.1 Å². The second-order valence-corrected chi connectivity index (χ2v) is 7.07. The highest BCUT2D eigenvalue weighted by atomic mass is 35.5. The summed E-state index contributed by atoms with van der Waals surface area (Å²) < 4.78 is 0. The van der Waals surface area contributed by atoms with Gasteiger partial charge in [-0.25, -0.2) is 0 Å². The Bertz CT molecular complexity index is 467. The first kappa shape index (κ1) is 13.7. The van der Waals surface area contributed by atoms with E-state index in [2.05, 4.69) is 24.1 Å². The van der Waals surface area contributed by atoms with Crippen molar-refractivity contribution in [1.29, 1.82) is 0 Å². The third-order valence-electron chi connectivity index (χ3n) is 4.93. The van der Waals surface area contributed by atoms with Crippen molar-refractivity contribution in [3.8, 4) is 0 Å². The Morgan fingerprint density at radius 1 is 1.26 bits per heavy atom. The molecule has 2 aliphatic rings. The van der Waals surface area contributed by atoms with Gasteiger partial charge in [0.05, 0.1) is 0 Å². The van der Waals surface area contributed by atoms with Crippen molar-refractivity contribution >= 4 is 23.2 Å². The van der Waals surface area contributed by atoms with E-state index in [4.69, 9.17) is 23.2 Å². The highest BCUT2D eigenvalue weighted by molar-refractivity contribution is 6.35. The maximum Gasteiger partial charge on any atom is 0.0465 e. The zero-order chi connectivity index (χ0) is 13.6. The van der Waals surface area contributed by atoms with E-state index < -0.39 is 0 Å². The van der Waals surface area contributed by atoms with Crippen LogP contribution >= 0.6 is 23.2 Å². The van der Waals surface area contributed by atoms with Gasteiger partial charge in [-0.05, 0) is 44.4 Å². The molecule has 2 aliphatic heterocycles. The third-order valence-corrected chi connectivity index (χ3v) is 5.64. The highest BCUT2D eigenvalue weighted by Gasteiger charge is 2.49. The molecule has 0 amide bonds. The third kappa shape index (κ3) is 2.29. The van der Waals surface area contributed by atoms with E-state index in [1.807, 2.05) is 18.2 Å². The molecular formula is C15H20Cl2N2. The number of nitrogens with one attached hydrogen (secondary N) is 1. The summed E-state index contributed by atoms with van der Waals surface area (Å²) in [6.07, 6.45) is 0. The average Bonchev–Trinajstić information content (AvgIpc) is 2.88. The molecule has 0 saturated carbocycles. The summed E-state index contributed by atoms with van der Waals surface area (Å²) in [5, 5.41) is 5.06. The van der Waals surface area contributed by atoms with E-state index in [0.717, 1.165) is 53.6 Å². The minimum Gasteiger partial charge on any atom is -0.316 e. The van der Waals surface area contributed by atoms with Crippen LogP contribution in [0.25, 0.3) is 0 Å². The second kappa shape index (κ2) is 4.92. The first-order valence-corrected chi connectivity index (χ1v) is 7.64. The first-order chi connectivity index (χ1) is 9.00. The van der Waals surface area contributed by atoms with Gasteiger partial charge >= 0.3 is 0 Å². The number of rotatable bonds is 2. The molecule has 0 aliphatic carbocycles. The van der Waals surface area contributed by atoms with Crippen molar-refractivity contribution in [2.24, 2.45) is 11.8 Å². The molecule has 4 heteroatoms. The van der Waals surface area contributed by atoms with Crippen molar-refractivity contribution in [3.63, 3.8) is 0 Å². The summed E-state index contributed by atoms with van der Waals surface area (Å²) in [5.41, 5.74) is 1.27. The molecule has 104 valence electrons. The lowest BCUT2D eigenvalue weighted by Crippen LogP contribution is -2.44. The molecule has 0 bridgehead atoms. The van der Waals surface area contributed by atoms with Crippen LogP contribution < -0.4 is 5.32 Å². The lowest BCUT2D eigenvalue weighted by Gasteiger charge is -2.36. The van der Waals surface area contributed by atoms with Gasteiger partial charge in [0.15, 0.2) is 0 Å². The highest BCUT2D eigenvalue weighted by Crippen LogP contribution is 2.42. The molecule has 2 heterocycles. The predicted molar refractivity (Wildman–Crippen MR) is 80.8 cm³/mol. The quantitative estimate of drug-likeness (QED) is 0.900. The molecule has 0 aromatic heterocycles. The van der Waals surface area contributed by atoms with Crippen LogP contribution in [0.2, 0.25) is 10.0 Å². The lowest BCUT2D eigenvalue weighted by molar-refractivity contribution is 0.132. The van der Waals surface area contributed by atoms with Gasteiger partial charge in [-0.2, -0.15) is 0 Å². The second-order valence-electron chi connectivity index (χ2n) is 6.26. The minimum atomic E-state index is 0.205. The zero-order valence-corrected chi connectivity index (χ0v) is 12.9. The molecular weight excluding hydrogens is 279 g/mol. The molecule has 1 aromatic rings. The van der Waals surface area contributed by atoms with Crippen molar-refractivity contribution < 1.29 is 0 Å². The monoisotopic (exact) mass is 298 g/mol. The van der Waals surface area contributed by atoms with Gasteiger partial charge in [0.1, 0.15) is 0 Å². The van der Waals surface area contributed by atoms with Gasteiger partial charge < -0.3 is 5.32 Å². The number of likely N-dealkylation sites (tertiary alicyclic amines) is 1. The maximum atomic E-state index is 6.30. The number of hydrogen-bond acceptors (Lipinski definition) is 2. The number of nitrogens with zero attached hydrogens (tertiary/aromatic N) is 1. The Hall–Kier alpha value is -0.280. The number of benzene rings is 1. The molecule has 2 nitrogen and oxygen atoms in total. The summed E-state index contributed by atoms with van der Waals surface area (Å²) in [6.45, 7) is 8.93. The van der Waals surface area contributed by atoms with E-state index in [0.29, 0.717) is 0 Å². The van der Waals surface area contributed by atoms with E-state index in [9.17, 15) is 0 Å². The summed E-state index contributed by atoms with van der Waals surface area (Å²) >= 11 is 12.6. The molecule has 19 heavy (non-hydrogen) atoms. The van der Waals surface area contributed by atoms with Gasteiger partial charge in [0, 0.05) is 40.8 Å². The van der Waals surface area contributed by atoms with Crippen molar-refractivity contribution in [3.05, 3.63) is 33.8 Å². The number of hydrogen-bond donors (Lipinski definition) is 1. The van der Waals surface area contributed by atoms with Gasteiger partial charge in [-0.1, -0.05) is 29.3 Å². The molecule has 1 N–H and O–H groups in total. The summed E-state index contributed by atoms with van der Waals surface area (Å²) in [5.74, 6) is 1.49. The first-order valence-electron chi connectivity index (χ1n) is 6.89. The van der Waals surface area contributed by atoms with Crippen LogP contribution in [0.5, 0.6) is 0 Å². The van der Waals surface area contributed by atoms with Crippen LogP contribution in [0.15, 0.2) is 18.2 Å². The van der Waals surface area contributed by atoms with Gasteiger partial charge in [-0.3, -0.25) is 4.90 Å². The van der Waals surface area contributed by atoms with Crippen LogP contribution in [-0.2, 0) is 6.54 Å². The summed E-state index contributed by atoms with van der Waals surface area (Å²) in [7, 11) is 0. The Balaban J connectivity index is 1.84. The van der Waals surface area contributed by atoms with E-state index in [1.165, 1.54) is 0 Å². The largest absolute Gasteiger partial charge is 0.316 e. The summed E-state index contributed by atoms with van der Waals surface area (Å²) in [6, 6.07) is 5.75. The van der Waals surface area contributed by atoms with Gasteiger partial charge in [-0.15, -0.1) is 0 Å². The predicted octanol–water partition coefficient (Wildman–Crippen LogP) is 3.42. The smallest absolute Gasteiger partial charge is 0.0465 e. The van der Waals surface area contributed by atoms with Gasteiger partial charge in [0.2, 0.25) is 0 Å². The molecule has 3 rings (SSSR count). The van der Waals surface area contributed by atoms with Crippen LogP contribution in [0, 0.1) is 11.8 Å². The van der Waals surface area contributed by atoms with Crippen molar-refractivity contribution in [2.45, 2.75) is 25.9 Å². The number of fused-ring (bicyclic) bond motifs is 1. The van der Waals surface area contributed by atoms with Crippen molar-refractivity contribution in [2.75, 3.05) is 19.6 Å². The fraction of sp³-hybridized carbons (Fsp3) is 0.600. The normalized spacial score (nSPS) is 29.7.